The van der Waals surface area contributed by atoms with E-state index in [1.54, 1.807) is 0 Å². The van der Waals surface area contributed by atoms with Gasteiger partial charge in [0.1, 0.15) is 0 Å². The van der Waals surface area contributed by atoms with Crippen molar-refractivity contribution >= 4 is 92.0 Å². The van der Waals surface area contributed by atoms with E-state index in [1.165, 1.54) is 114 Å². The molecule has 0 saturated heterocycles. The lowest BCUT2D eigenvalue weighted by Gasteiger charge is -2.19. The summed E-state index contributed by atoms with van der Waals surface area (Å²) in [6, 6.07) is 74.2. The maximum atomic E-state index is 2.53. The second-order valence-electron chi connectivity index (χ2n) is 14.7. The van der Waals surface area contributed by atoms with Crippen LogP contribution in [0.25, 0.3) is 114 Å². The highest BCUT2D eigenvalue weighted by Crippen LogP contribution is 2.47. The van der Waals surface area contributed by atoms with Crippen molar-refractivity contribution in [1.82, 2.24) is 4.40 Å². The Morgan fingerprint density at radius 3 is 1.33 bits per heavy atom. The Bertz CT molecular complexity index is 3540. The Hall–Kier alpha value is -7.22. The number of fused-ring (bicyclic) bond motifs is 13. The molecule has 2 aromatic heterocycles. The van der Waals surface area contributed by atoms with Crippen LogP contribution in [0.4, 0.5) is 0 Å². The molecule has 254 valence electrons. The van der Waals surface area contributed by atoms with E-state index in [2.05, 4.69) is 205 Å². The van der Waals surface area contributed by atoms with Gasteiger partial charge < -0.3 is 4.40 Å². The Morgan fingerprint density at radius 1 is 0.255 bits per heavy atom. The van der Waals surface area contributed by atoms with Crippen LogP contribution in [-0.2, 0) is 0 Å². The molecule has 0 fully saturated rings. The van der Waals surface area contributed by atoms with Crippen LogP contribution in [0, 0.1) is 0 Å². The van der Waals surface area contributed by atoms with Crippen LogP contribution in [0.3, 0.4) is 0 Å². The van der Waals surface area contributed by atoms with Gasteiger partial charge in [0.2, 0.25) is 0 Å². The van der Waals surface area contributed by atoms with E-state index in [0.29, 0.717) is 0 Å². The van der Waals surface area contributed by atoms with E-state index in [9.17, 15) is 0 Å². The zero-order valence-corrected chi connectivity index (χ0v) is 30.0. The highest BCUT2D eigenvalue weighted by atomic mass is 14.9. The van der Waals surface area contributed by atoms with Crippen molar-refractivity contribution < 1.29 is 0 Å². The molecule has 0 radical (unpaired) electrons. The summed E-state index contributed by atoms with van der Waals surface area (Å²) in [5, 5.41) is 17.6. The molecule has 0 amide bonds. The number of nitrogens with zero attached hydrogens (tertiary/aromatic N) is 1. The fraction of sp³-hybridized carbons (Fsp3) is 0. The molecule has 0 aliphatic carbocycles. The second kappa shape index (κ2) is 11.6. The Kier molecular flexibility index (Phi) is 6.40. The maximum absolute atomic E-state index is 2.53. The molecule has 0 spiro atoms. The third-order valence-electron chi connectivity index (χ3n) is 11.9. The molecular formula is C54H33N. The molecule has 0 atom stereocenters. The Balaban J connectivity index is 1.25. The van der Waals surface area contributed by atoms with Crippen LogP contribution in [0.15, 0.2) is 200 Å². The molecule has 0 bridgehead atoms. The van der Waals surface area contributed by atoms with Gasteiger partial charge in [0.15, 0.2) is 0 Å². The van der Waals surface area contributed by atoms with Gasteiger partial charge in [-0.05, 0) is 94.3 Å². The van der Waals surface area contributed by atoms with Gasteiger partial charge in [-0.25, -0.2) is 0 Å². The lowest BCUT2D eigenvalue weighted by Crippen LogP contribution is -1.91. The first kappa shape index (κ1) is 30.3. The summed E-state index contributed by atoms with van der Waals surface area (Å²) in [4.78, 5) is 0. The molecule has 1 heteroatoms. The average Bonchev–Trinajstić information content (AvgIpc) is 3.60. The first-order valence-electron chi connectivity index (χ1n) is 19.1. The summed E-state index contributed by atoms with van der Waals surface area (Å²) in [7, 11) is 0. The molecule has 1 nitrogen and oxygen atoms in total. The minimum absolute atomic E-state index is 1.19. The lowest BCUT2D eigenvalue weighted by molar-refractivity contribution is 1.35. The summed E-state index contributed by atoms with van der Waals surface area (Å²) in [6.45, 7) is 0. The monoisotopic (exact) mass is 695 g/mol. The molecule has 0 saturated carbocycles. The largest absolute Gasteiger partial charge is 0.308 e. The Labute approximate surface area is 317 Å². The van der Waals surface area contributed by atoms with Crippen molar-refractivity contribution in [3.63, 3.8) is 0 Å². The van der Waals surface area contributed by atoms with Gasteiger partial charge in [-0.3, -0.25) is 0 Å². The molecule has 0 unspecified atom stereocenters. The normalized spacial score (nSPS) is 12.0. The summed E-state index contributed by atoms with van der Waals surface area (Å²) in [5.74, 6) is 0. The molecule has 2 heterocycles. The molecular weight excluding hydrogens is 663 g/mol. The standard InChI is InChI=1S/C54H33N/c1-2-17-36-34(15-1)16-13-27-42(36)53-45-25-9-7-23-43(45)52(44-24-8-10-26-46(44)53)35-31-32-51-49(33-35)48-29-14-28-47-40-21-6-4-19-38(40)37-18-3-5-20-39(37)41-22-11-12-30-50(41)55(51)54(47)48/h1-33H. The fourth-order valence-electron chi connectivity index (χ4n) is 9.67. The van der Waals surface area contributed by atoms with Gasteiger partial charge in [-0.2, -0.15) is 0 Å². The zero-order valence-electron chi connectivity index (χ0n) is 30.0. The fourth-order valence-corrected chi connectivity index (χ4v) is 9.67. The average molecular weight is 696 g/mol. The van der Waals surface area contributed by atoms with Gasteiger partial charge in [0.05, 0.1) is 16.6 Å². The predicted octanol–water partition coefficient (Wildman–Crippen LogP) is 15.1. The number of aromatic nitrogens is 1. The van der Waals surface area contributed by atoms with Gasteiger partial charge >= 0.3 is 0 Å². The zero-order chi connectivity index (χ0) is 36.0. The molecule has 12 aromatic rings. The van der Waals surface area contributed by atoms with E-state index < -0.39 is 0 Å². The number of hydrogen-bond acceptors (Lipinski definition) is 0. The van der Waals surface area contributed by atoms with Crippen molar-refractivity contribution in [2.24, 2.45) is 0 Å². The van der Waals surface area contributed by atoms with E-state index in [1.807, 2.05) is 0 Å². The predicted molar refractivity (Wildman–Crippen MR) is 237 cm³/mol. The maximum Gasteiger partial charge on any atom is 0.0619 e. The van der Waals surface area contributed by atoms with Crippen LogP contribution >= 0.6 is 0 Å². The first-order chi connectivity index (χ1) is 27.3. The lowest BCUT2D eigenvalue weighted by atomic mass is 9.84. The number of benzene rings is 10. The van der Waals surface area contributed by atoms with Crippen molar-refractivity contribution in [3.8, 4) is 22.3 Å². The van der Waals surface area contributed by atoms with Crippen molar-refractivity contribution in [2.45, 2.75) is 0 Å². The van der Waals surface area contributed by atoms with E-state index in [-0.39, 0.29) is 0 Å². The minimum atomic E-state index is 1.19. The third-order valence-corrected chi connectivity index (χ3v) is 11.9. The van der Waals surface area contributed by atoms with Crippen molar-refractivity contribution in [3.05, 3.63) is 200 Å². The third kappa shape index (κ3) is 4.30. The molecule has 0 aliphatic heterocycles. The van der Waals surface area contributed by atoms with Gasteiger partial charge in [0, 0.05) is 21.5 Å². The first-order valence-corrected chi connectivity index (χ1v) is 19.1. The molecule has 10 aromatic carbocycles. The van der Waals surface area contributed by atoms with E-state index in [0.717, 1.165) is 0 Å². The number of rotatable bonds is 2. The number of hydrogen-bond donors (Lipinski definition) is 0. The van der Waals surface area contributed by atoms with E-state index >= 15 is 0 Å². The summed E-state index contributed by atoms with van der Waals surface area (Å²) in [5.41, 5.74) is 8.69. The van der Waals surface area contributed by atoms with Crippen LogP contribution in [0.5, 0.6) is 0 Å². The van der Waals surface area contributed by atoms with E-state index in [4.69, 9.17) is 0 Å². The molecule has 0 aliphatic rings. The van der Waals surface area contributed by atoms with Crippen molar-refractivity contribution in [1.29, 1.82) is 0 Å². The van der Waals surface area contributed by atoms with Crippen LogP contribution in [0.2, 0.25) is 0 Å². The SMILES string of the molecule is c1ccc2c(-c3c4ccccc4c(-c4ccc5c(c4)c4cccc6c7ccccc7c7ccccc7c7ccccc7n5c64)c4ccccc34)cccc2c1. The smallest absolute Gasteiger partial charge is 0.0619 e. The second-order valence-corrected chi connectivity index (χ2v) is 14.7. The summed E-state index contributed by atoms with van der Waals surface area (Å²) in [6.07, 6.45) is 0. The highest BCUT2D eigenvalue weighted by molar-refractivity contribution is 6.27. The molecule has 12 rings (SSSR count). The minimum Gasteiger partial charge on any atom is -0.308 e. The van der Waals surface area contributed by atoms with Crippen LogP contribution in [-0.4, -0.2) is 4.40 Å². The Morgan fingerprint density at radius 2 is 0.673 bits per heavy atom. The van der Waals surface area contributed by atoms with Gasteiger partial charge in [0.25, 0.3) is 0 Å². The van der Waals surface area contributed by atoms with Crippen molar-refractivity contribution in [2.75, 3.05) is 0 Å². The highest BCUT2D eigenvalue weighted by Gasteiger charge is 2.20. The molecule has 55 heavy (non-hydrogen) atoms. The summed E-state index contributed by atoms with van der Waals surface area (Å²) >= 11 is 0. The van der Waals surface area contributed by atoms with Gasteiger partial charge in [-0.15, -0.1) is 0 Å². The quantitative estimate of drug-likeness (QED) is 0.159. The van der Waals surface area contributed by atoms with Crippen LogP contribution in [0.1, 0.15) is 0 Å². The van der Waals surface area contributed by atoms with Crippen LogP contribution < -0.4 is 0 Å². The number of para-hydroxylation sites is 2. The van der Waals surface area contributed by atoms with Gasteiger partial charge in [-0.1, -0.05) is 182 Å². The summed E-state index contributed by atoms with van der Waals surface area (Å²) < 4.78 is 2.53. The topological polar surface area (TPSA) is 4.41 Å². The molecule has 0 N–H and O–H groups in total.